The van der Waals surface area contributed by atoms with E-state index in [0.717, 1.165) is 12.7 Å². The molecule has 100 valence electrons. The molecular weight excluding hydrogens is 252 g/mol. The highest BCUT2D eigenvalue weighted by molar-refractivity contribution is 7.91. The van der Waals surface area contributed by atoms with Crippen molar-refractivity contribution < 1.29 is 17.9 Å². The smallest absolute Gasteiger partial charge is 0.178 e. The Balaban J connectivity index is 2.91. The molecule has 0 heterocycles. The molecule has 0 amide bonds. The molecule has 0 saturated carbocycles. The molecule has 0 aliphatic rings. The summed E-state index contributed by atoms with van der Waals surface area (Å²) < 4.78 is 28.6. The van der Waals surface area contributed by atoms with E-state index in [4.69, 9.17) is 4.74 Å². The fourth-order valence-electron chi connectivity index (χ4n) is 1.49. The molecule has 0 aliphatic carbocycles. The summed E-state index contributed by atoms with van der Waals surface area (Å²) in [4.78, 5) is 11.2. The fraction of sp³-hybridized carbons (Fsp3) is 0.462. The van der Waals surface area contributed by atoms with E-state index in [1.54, 1.807) is 19.1 Å². The molecule has 0 N–H and O–H groups in total. The monoisotopic (exact) mass is 270 g/mol. The van der Waals surface area contributed by atoms with Gasteiger partial charge in [-0.25, -0.2) is 8.42 Å². The number of rotatable bonds is 7. The summed E-state index contributed by atoms with van der Waals surface area (Å²) in [6, 6.07) is 6.27. The molecule has 0 radical (unpaired) electrons. The molecule has 4 nitrogen and oxygen atoms in total. The number of carbonyl (C=O) groups is 1. The first-order chi connectivity index (χ1) is 8.55. The summed E-state index contributed by atoms with van der Waals surface area (Å²) in [5.41, 5.74) is 0.675. The standard InChI is InChI=1S/C13H18O4S/c1-3-9-17-13(10-14)11-5-7-12(8-6-11)18(15,16)4-2/h5-8,10,13H,3-4,9H2,1-2H3. The molecule has 1 aromatic carbocycles. The lowest BCUT2D eigenvalue weighted by Gasteiger charge is -2.12. The number of ether oxygens (including phenoxy) is 1. The summed E-state index contributed by atoms with van der Waals surface area (Å²) >= 11 is 0. The Labute approximate surface area is 108 Å². The Morgan fingerprint density at radius 1 is 1.22 bits per heavy atom. The minimum atomic E-state index is -3.19. The molecule has 1 rings (SSSR count). The van der Waals surface area contributed by atoms with E-state index in [-0.39, 0.29) is 10.6 Å². The highest BCUT2D eigenvalue weighted by atomic mass is 32.2. The number of aldehydes is 1. The van der Waals surface area contributed by atoms with Crippen molar-refractivity contribution in [2.45, 2.75) is 31.3 Å². The van der Waals surface area contributed by atoms with E-state index in [1.807, 2.05) is 6.92 Å². The Hall–Kier alpha value is -1.20. The zero-order chi connectivity index (χ0) is 13.6. The maximum absolute atomic E-state index is 11.6. The molecule has 0 aliphatic heterocycles. The lowest BCUT2D eigenvalue weighted by Crippen LogP contribution is -2.08. The van der Waals surface area contributed by atoms with Crippen LogP contribution in [-0.4, -0.2) is 27.1 Å². The maximum atomic E-state index is 11.6. The molecule has 5 heteroatoms. The van der Waals surface area contributed by atoms with Gasteiger partial charge in [0.1, 0.15) is 6.10 Å². The van der Waals surface area contributed by atoms with Crippen LogP contribution < -0.4 is 0 Å². The van der Waals surface area contributed by atoms with Crippen LogP contribution in [0.3, 0.4) is 0 Å². The topological polar surface area (TPSA) is 60.4 Å². The Morgan fingerprint density at radius 3 is 2.28 bits per heavy atom. The van der Waals surface area contributed by atoms with Crippen LogP contribution in [0.25, 0.3) is 0 Å². The third-order valence-electron chi connectivity index (χ3n) is 2.57. The molecule has 1 atom stereocenters. The van der Waals surface area contributed by atoms with E-state index < -0.39 is 15.9 Å². The summed E-state index contributed by atoms with van der Waals surface area (Å²) in [5, 5.41) is 0. The van der Waals surface area contributed by atoms with Crippen molar-refractivity contribution in [1.29, 1.82) is 0 Å². The van der Waals surface area contributed by atoms with Crippen LogP contribution in [0, 0.1) is 0 Å². The zero-order valence-corrected chi connectivity index (χ0v) is 11.4. The molecule has 0 aromatic heterocycles. The maximum Gasteiger partial charge on any atom is 0.178 e. The Kier molecular flexibility index (Phi) is 5.50. The quantitative estimate of drug-likeness (QED) is 0.712. The molecule has 0 saturated heterocycles. The van der Waals surface area contributed by atoms with E-state index in [0.29, 0.717) is 12.2 Å². The van der Waals surface area contributed by atoms with Gasteiger partial charge in [-0.05, 0) is 24.1 Å². The number of hydrogen-bond donors (Lipinski definition) is 0. The second kappa shape index (κ2) is 6.66. The summed E-state index contributed by atoms with van der Waals surface area (Å²) in [5.74, 6) is 0.0653. The zero-order valence-electron chi connectivity index (χ0n) is 10.6. The van der Waals surface area contributed by atoms with Gasteiger partial charge in [0.15, 0.2) is 16.1 Å². The molecule has 1 aromatic rings. The summed E-state index contributed by atoms with van der Waals surface area (Å²) in [6.07, 6.45) is 0.925. The lowest BCUT2D eigenvalue weighted by atomic mass is 10.1. The number of sulfone groups is 1. The van der Waals surface area contributed by atoms with Gasteiger partial charge in [0.05, 0.1) is 10.6 Å². The van der Waals surface area contributed by atoms with Crippen LogP contribution in [0.2, 0.25) is 0 Å². The van der Waals surface area contributed by atoms with Gasteiger partial charge in [-0.3, -0.25) is 0 Å². The minimum absolute atomic E-state index is 0.0653. The Bertz CT molecular complexity index is 476. The number of benzene rings is 1. The van der Waals surface area contributed by atoms with Crippen molar-refractivity contribution in [3.05, 3.63) is 29.8 Å². The predicted molar refractivity (Wildman–Crippen MR) is 69.2 cm³/mol. The largest absolute Gasteiger partial charge is 0.366 e. The minimum Gasteiger partial charge on any atom is -0.366 e. The molecule has 0 fully saturated rings. The second-order valence-corrected chi connectivity index (χ2v) is 6.18. The first kappa shape index (κ1) is 14.9. The molecular formula is C13H18O4S. The van der Waals surface area contributed by atoms with Gasteiger partial charge in [-0.15, -0.1) is 0 Å². The molecule has 0 bridgehead atoms. The Morgan fingerprint density at radius 2 is 1.83 bits per heavy atom. The molecule has 1 unspecified atom stereocenters. The first-order valence-corrected chi connectivity index (χ1v) is 7.60. The van der Waals surface area contributed by atoms with Crippen LogP contribution in [0.4, 0.5) is 0 Å². The normalized spacial score (nSPS) is 13.2. The van der Waals surface area contributed by atoms with Crippen LogP contribution in [0.15, 0.2) is 29.2 Å². The number of carbonyl (C=O) groups excluding carboxylic acids is 1. The van der Waals surface area contributed by atoms with Gasteiger partial charge < -0.3 is 9.53 Å². The van der Waals surface area contributed by atoms with Crippen LogP contribution in [-0.2, 0) is 19.4 Å². The highest BCUT2D eigenvalue weighted by Gasteiger charge is 2.14. The average Bonchev–Trinajstić information content (AvgIpc) is 2.40. The van der Waals surface area contributed by atoms with Gasteiger partial charge in [0.25, 0.3) is 0 Å². The lowest BCUT2D eigenvalue weighted by molar-refractivity contribution is -0.118. The third kappa shape index (κ3) is 3.65. The van der Waals surface area contributed by atoms with E-state index in [9.17, 15) is 13.2 Å². The number of hydrogen-bond acceptors (Lipinski definition) is 4. The highest BCUT2D eigenvalue weighted by Crippen LogP contribution is 2.19. The molecule has 18 heavy (non-hydrogen) atoms. The van der Waals surface area contributed by atoms with Gasteiger partial charge >= 0.3 is 0 Å². The second-order valence-electron chi connectivity index (χ2n) is 3.90. The van der Waals surface area contributed by atoms with Crippen LogP contribution in [0.1, 0.15) is 31.9 Å². The van der Waals surface area contributed by atoms with Crippen molar-refractivity contribution in [2.75, 3.05) is 12.4 Å². The molecule has 0 spiro atoms. The van der Waals surface area contributed by atoms with Crippen molar-refractivity contribution in [2.24, 2.45) is 0 Å². The van der Waals surface area contributed by atoms with E-state index in [1.165, 1.54) is 12.1 Å². The third-order valence-corrected chi connectivity index (χ3v) is 4.32. The average molecular weight is 270 g/mol. The first-order valence-electron chi connectivity index (χ1n) is 5.94. The van der Waals surface area contributed by atoms with E-state index in [2.05, 4.69) is 0 Å². The predicted octanol–water partition coefficient (Wildman–Crippen LogP) is 2.15. The van der Waals surface area contributed by atoms with Gasteiger partial charge in [-0.1, -0.05) is 26.0 Å². The fourth-order valence-corrected chi connectivity index (χ4v) is 2.37. The van der Waals surface area contributed by atoms with Crippen molar-refractivity contribution in [1.82, 2.24) is 0 Å². The summed E-state index contributed by atoms with van der Waals surface area (Å²) in [6.45, 7) is 4.05. The van der Waals surface area contributed by atoms with Gasteiger partial charge in [0.2, 0.25) is 0 Å². The van der Waals surface area contributed by atoms with Crippen molar-refractivity contribution >= 4 is 16.1 Å². The van der Waals surface area contributed by atoms with Crippen LogP contribution >= 0.6 is 0 Å². The van der Waals surface area contributed by atoms with E-state index >= 15 is 0 Å². The SMILES string of the molecule is CCCOC(C=O)c1ccc(S(=O)(=O)CC)cc1. The summed E-state index contributed by atoms with van der Waals surface area (Å²) in [7, 11) is -3.19. The van der Waals surface area contributed by atoms with Crippen molar-refractivity contribution in [3.8, 4) is 0 Å². The van der Waals surface area contributed by atoms with Gasteiger partial charge in [0, 0.05) is 6.61 Å². The van der Waals surface area contributed by atoms with Crippen molar-refractivity contribution in [3.63, 3.8) is 0 Å². The van der Waals surface area contributed by atoms with Crippen LogP contribution in [0.5, 0.6) is 0 Å². The van der Waals surface area contributed by atoms with Gasteiger partial charge in [-0.2, -0.15) is 0 Å².